The molecule has 0 unspecified atom stereocenters. The monoisotopic (exact) mass is 246 g/mol. The van der Waals surface area contributed by atoms with Crippen LogP contribution in [0.15, 0.2) is 24.3 Å². The predicted molar refractivity (Wildman–Crippen MR) is 68.2 cm³/mol. The quantitative estimate of drug-likeness (QED) is 0.723. The Morgan fingerprint density at radius 3 is 2.33 bits per heavy atom. The number of hydrogen-bond donors (Lipinski definition) is 0. The molecule has 1 saturated carbocycles. The molecule has 1 aromatic rings. The fourth-order valence-corrected chi connectivity index (χ4v) is 2.01. The maximum Gasteiger partial charge on any atom is 0.310 e. The zero-order valence-corrected chi connectivity index (χ0v) is 10.6. The van der Waals surface area contributed by atoms with Crippen molar-refractivity contribution in [2.75, 3.05) is 6.61 Å². The number of rotatable bonds is 6. The van der Waals surface area contributed by atoms with Crippen LogP contribution in [-0.2, 0) is 27.2 Å². The van der Waals surface area contributed by atoms with Gasteiger partial charge in [0.1, 0.15) is 5.78 Å². The van der Waals surface area contributed by atoms with E-state index in [0.717, 1.165) is 24.0 Å². The zero-order chi connectivity index (χ0) is 13.0. The van der Waals surface area contributed by atoms with Crippen molar-refractivity contribution in [2.45, 2.75) is 32.6 Å². The minimum atomic E-state index is -0.233. The lowest BCUT2D eigenvalue weighted by Crippen LogP contribution is -2.12. The lowest BCUT2D eigenvalue weighted by atomic mass is 9.98. The Morgan fingerprint density at radius 1 is 1.17 bits per heavy atom. The van der Waals surface area contributed by atoms with Crippen molar-refractivity contribution < 1.29 is 14.3 Å². The topological polar surface area (TPSA) is 43.4 Å². The summed E-state index contributed by atoms with van der Waals surface area (Å²) in [7, 11) is 0. The molecular weight excluding hydrogens is 228 g/mol. The van der Waals surface area contributed by atoms with Gasteiger partial charge in [-0.2, -0.15) is 0 Å². The third-order valence-electron chi connectivity index (χ3n) is 3.16. The molecule has 1 aliphatic rings. The minimum Gasteiger partial charge on any atom is -0.466 e. The number of carbonyl (C=O) groups is 2. The van der Waals surface area contributed by atoms with Gasteiger partial charge in [-0.05, 0) is 30.9 Å². The van der Waals surface area contributed by atoms with Crippen molar-refractivity contribution >= 4 is 11.8 Å². The number of Topliss-reactive ketones (excluding diaryl/α,β-unsaturated/α-hetero) is 1. The molecule has 1 fully saturated rings. The van der Waals surface area contributed by atoms with Gasteiger partial charge in [0, 0.05) is 12.3 Å². The van der Waals surface area contributed by atoms with Crippen LogP contribution in [0.2, 0.25) is 0 Å². The number of ketones is 1. The van der Waals surface area contributed by atoms with Gasteiger partial charge in [0.2, 0.25) is 0 Å². The number of esters is 1. The van der Waals surface area contributed by atoms with Gasteiger partial charge in [-0.1, -0.05) is 24.3 Å². The van der Waals surface area contributed by atoms with Crippen LogP contribution >= 0.6 is 0 Å². The first-order valence-electron chi connectivity index (χ1n) is 6.45. The van der Waals surface area contributed by atoms with Crippen molar-refractivity contribution in [1.29, 1.82) is 0 Å². The molecule has 0 N–H and O–H groups in total. The van der Waals surface area contributed by atoms with Crippen molar-refractivity contribution in [1.82, 2.24) is 0 Å². The summed E-state index contributed by atoms with van der Waals surface area (Å²) in [5, 5.41) is 0. The Hall–Kier alpha value is -1.64. The highest BCUT2D eigenvalue weighted by Crippen LogP contribution is 2.31. The third kappa shape index (κ3) is 3.42. The Balaban J connectivity index is 2.04. The molecule has 0 heterocycles. The second kappa shape index (κ2) is 5.80. The SMILES string of the molecule is CCOC(=O)Cc1ccccc1CC(=O)C1CC1. The van der Waals surface area contributed by atoms with Gasteiger partial charge in [-0.25, -0.2) is 0 Å². The highest BCUT2D eigenvalue weighted by atomic mass is 16.5. The van der Waals surface area contributed by atoms with Crippen molar-refractivity contribution in [3.05, 3.63) is 35.4 Å². The maximum absolute atomic E-state index is 11.8. The van der Waals surface area contributed by atoms with E-state index in [-0.39, 0.29) is 18.3 Å². The smallest absolute Gasteiger partial charge is 0.310 e. The largest absolute Gasteiger partial charge is 0.466 e. The first-order chi connectivity index (χ1) is 8.70. The van der Waals surface area contributed by atoms with Crippen LogP contribution in [0.25, 0.3) is 0 Å². The number of benzene rings is 1. The van der Waals surface area contributed by atoms with Crippen LogP contribution in [0.1, 0.15) is 30.9 Å². The lowest BCUT2D eigenvalue weighted by molar-refractivity contribution is -0.142. The van der Waals surface area contributed by atoms with Gasteiger partial charge in [0.25, 0.3) is 0 Å². The Morgan fingerprint density at radius 2 is 1.78 bits per heavy atom. The Labute approximate surface area is 107 Å². The summed E-state index contributed by atoms with van der Waals surface area (Å²) in [6, 6.07) is 7.62. The van der Waals surface area contributed by atoms with E-state index in [4.69, 9.17) is 4.74 Å². The Kier molecular flexibility index (Phi) is 4.13. The van der Waals surface area contributed by atoms with E-state index in [9.17, 15) is 9.59 Å². The second-order valence-electron chi connectivity index (χ2n) is 4.67. The summed E-state index contributed by atoms with van der Waals surface area (Å²) in [5.41, 5.74) is 1.87. The average molecular weight is 246 g/mol. The van der Waals surface area contributed by atoms with Crippen LogP contribution < -0.4 is 0 Å². The van der Waals surface area contributed by atoms with Crippen LogP contribution in [0, 0.1) is 5.92 Å². The van der Waals surface area contributed by atoms with E-state index in [1.807, 2.05) is 24.3 Å². The fourth-order valence-electron chi connectivity index (χ4n) is 2.01. The molecule has 0 bridgehead atoms. The van der Waals surface area contributed by atoms with Crippen LogP contribution in [0.3, 0.4) is 0 Å². The molecule has 0 saturated heterocycles. The van der Waals surface area contributed by atoms with Gasteiger partial charge in [0.05, 0.1) is 13.0 Å². The molecule has 0 radical (unpaired) electrons. The van der Waals surface area contributed by atoms with Gasteiger partial charge < -0.3 is 4.74 Å². The van der Waals surface area contributed by atoms with E-state index in [1.165, 1.54) is 0 Å². The van der Waals surface area contributed by atoms with E-state index < -0.39 is 0 Å². The first kappa shape index (κ1) is 12.8. The highest BCUT2D eigenvalue weighted by molar-refractivity contribution is 5.86. The van der Waals surface area contributed by atoms with Crippen LogP contribution in [0.5, 0.6) is 0 Å². The van der Waals surface area contributed by atoms with Gasteiger partial charge >= 0.3 is 5.97 Å². The van der Waals surface area contributed by atoms with E-state index in [1.54, 1.807) is 6.92 Å². The molecule has 0 amide bonds. The standard InChI is InChI=1S/C15H18O3/c1-2-18-15(17)10-13-6-4-3-5-12(13)9-14(16)11-7-8-11/h3-6,11H,2,7-10H2,1H3. The summed E-state index contributed by atoms with van der Waals surface area (Å²) >= 11 is 0. The van der Waals surface area contributed by atoms with Crippen LogP contribution in [-0.4, -0.2) is 18.4 Å². The number of hydrogen-bond acceptors (Lipinski definition) is 3. The molecule has 0 aliphatic heterocycles. The summed E-state index contributed by atoms with van der Waals surface area (Å²) in [6.45, 7) is 2.18. The lowest BCUT2D eigenvalue weighted by Gasteiger charge is -2.08. The van der Waals surface area contributed by atoms with Crippen molar-refractivity contribution in [2.24, 2.45) is 5.92 Å². The van der Waals surface area contributed by atoms with Crippen molar-refractivity contribution in [3.8, 4) is 0 Å². The normalized spacial score (nSPS) is 14.3. The van der Waals surface area contributed by atoms with E-state index in [0.29, 0.717) is 18.8 Å². The predicted octanol–water partition coefficient (Wildman–Crippen LogP) is 2.31. The molecule has 1 aromatic carbocycles. The van der Waals surface area contributed by atoms with E-state index >= 15 is 0 Å². The van der Waals surface area contributed by atoms with Gasteiger partial charge in [-0.3, -0.25) is 9.59 Å². The average Bonchev–Trinajstić information content (AvgIpc) is 3.16. The molecule has 1 aliphatic carbocycles. The summed E-state index contributed by atoms with van der Waals surface area (Å²) in [6.07, 6.45) is 2.75. The summed E-state index contributed by atoms with van der Waals surface area (Å²) in [5.74, 6) is 0.329. The molecular formula is C15H18O3. The number of carbonyl (C=O) groups excluding carboxylic acids is 2. The summed E-state index contributed by atoms with van der Waals surface area (Å²) in [4.78, 5) is 23.3. The molecule has 3 heteroatoms. The molecule has 96 valence electrons. The molecule has 0 aromatic heterocycles. The van der Waals surface area contributed by atoms with Crippen molar-refractivity contribution in [3.63, 3.8) is 0 Å². The Bertz CT molecular complexity index is 447. The van der Waals surface area contributed by atoms with Gasteiger partial charge in [0.15, 0.2) is 0 Å². The highest BCUT2D eigenvalue weighted by Gasteiger charge is 2.29. The fraction of sp³-hybridized carbons (Fsp3) is 0.467. The zero-order valence-electron chi connectivity index (χ0n) is 10.6. The molecule has 0 spiro atoms. The minimum absolute atomic E-state index is 0.233. The number of ether oxygens (including phenoxy) is 1. The third-order valence-corrected chi connectivity index (χ3v) is 3.16. The summed E-state index contributed by atoms with van der Waals surface area (Å²) < 4.78 is 4.94. The van der Waals surface area contributed by atoms with Gasteiger partial charge in [-0.15, -0.1) is 0 Å². The molecule has 3 nitrogen and oxygen atoms in total. The maximum atomic E-state index is 11.8. The second-order valence-corrected chi connectivity index (χ2v) is 4.67. The first-order valence-corrected chi connectivity index (χ1v) is 6.45. The van der Waals surface area contributed by atoms with Crippen LogP contribution in [0.4, 0.5) is 0 Å². The molecule has 0 atom stereocenters. The molecule has 18 heavy (non-hydrogen) atoms. The van der Waals surface area contributed by atoms with E-state index in [2.05, 4.69) is 0 Å². The molecule has 2 rings (SSSR count).